The molecule has 2 saturated heterocycles. The molecule has 1 aromatic rings. The van der Waals surface area contributed by atoms with Crippen molar-refractivity contribution in [2.45, 2.75) is 24.7 Å². The van der Waals surface area contributed by atoms with Crippen molar-refractivity contribution in [3.05, 3.63) is 35.4 Å². The predicted octanol–water partition coefficient (Wildman–Crippen LogP) is 2.73. The number of nitrogens with zero attached hydrogens (tertiary/aromatic N) is 2. The number of hydrogen-bond donors (Lipinski definition) is 0. The number of piperidine rings is 1. The number of benzene rings is 1. The third-order valence-electron chi connectivity index (χ3n) is 5.32. The van der Waals surface area contributed by atoms with Gasteiger partial charge in [0, 0.05) is 26.7 Å². The molecule has 0 amide bonds. The Labute approximate surface area is 164 Å². The van der Waals surface area contributed by atoms with Crippen molar-refractivity contribution in [3.8, 4) is 0 Å². The van der Waals surface area contributed by atoms with E-state index in [1.165, 1.54) is 12.1 Å². The molecular weight excluding hydrogens is 373 g/mol. The highest BCUT2D eigenvalue weighted by Gasteiger charge is 2.34. The number of halogens is 3. The number of morpholine rings is 1. The molecule has 1 radical (unpaired) electrons. The second kappa shape index (κ2) is 10.0. The molecule has 5 nitrogen and oxygen atoms in total. The highest BCUT2D eigenvalue weighted by atomic mass is 19.4. The van der Waals surface area contributed by atoms with Crippen LogP contribution in [0.15, 0.2) is 24.3 Å². The summed E-state index contributed by atoms with van der Waals surface area (Å²) in [5.74, 6) is 0.430. The lowest BCUT2D eigenvalue weighted by atomic mass is 9.84. The number of hydrogen-bond acceptors (Lipinski definition) is 4. The maximum atomic E-state index is 12.9. The molecule has 1 aromatic carbocycles. The van der Waals surface area contributed by atoms with E-state index < -0.39 is 11.7 Å². The maximum absolute atomic E-state index is 12.9. The first-order chi connectivity index (χ1) is 13.5. The Balaban J connectivity index is 1.68. The van der Waals surface area contributed by atoms with Crippen molar-refractivity contribution in [2.24, 2.45) is 5.92 Å². The van der Waals surface area contributed by atoms with Crippen molar-refractivity contribution in [3.63, 3.8) is 0 Å². The lowest BCUT2D eigenvalue weighted by molar-refractivity contribution is -0.137. The molecule has 0 N–H and O–H groups in total. The van der Waals surface area contributed by atoms with Crippen LogP contribution in [0.4, 0.5) is 13.2 Å². The monoisotopic (exact) mass is 401 g/mol. The number of methoxy groups -OCH3 is 1. The molecule has 0 aromatic heterocycles. The molecule has 0 spiro atoms. The summed E-state index contributed by atoms with van der Waals surface area (Å²) in [6.07, 6.45) is -3.43. The van der Waals surface area contributed by atoms with E-state index in [2.05, 4.69) is 10.2 Å². The van der Waals surface area contributed by atoms with Gasteiger partial charge >= 0.3 is 6.18 Å². The molecule has 8 heteroatoms. The van der Waals surface area contributed by atoms with E-state index in [1.807, 2.05) is 0 Å². The average Bonchev–Trinajstić information content (AvgIpc) is 2.71. The van der Waals surface area contributed by atoms with Crippen LogP contribution >= 0.6 is 0 Å². The van der Waals surface area contributed by atoms with Gasteiger partial charge in [0.2, 0.25) is 0 Å². The van der Waals surface area contributed by atoms with E-state index >= 15 is 0 Å². The summed E-state index contributed by atoms with van der Waals surface area (Å²) >= 11 is 0. The van der Waals surface area contributed by atoms with Crippen molar-refractivity contribution >= 4 is 0 Å². The number of ether oxygens (including phenoxy) is 3. The van der Waals surface area contributed by atoms with E-state index in [1.54, 1.807) is 19.2 Å². The second-order valence-electron chi connectivity index (χ2n) is 7.40. The Hall–Kier alpha value is -1.19. The first-order valence-electron chi connectivity index (χ1n) is 9.69. The highest BCUT2D eigenvalue weighted by molar-refractivity contribution is 5.28. The fourth-order valence-electron chi connectivity index (χ4n) is 3.91. The van der Waals surface area contributed by atoms with Crippen LogP contribution in [0.25, 0.3) is 0 Å². The lowest BCUT2D eigenvalue weighted by Gasteiger charge is -2.42. The Bertz CT molecular complexity index is 591. The smallest absolute Gasteiger partial charge is 0.382 e. The summed E-state index contributed by atoms with van der Waals surface area (Å²) in [5.41, 5.74) is 0.315. The fourth-order valence-corrected chi connectivity index (χ4v) is 3.91. The Morgan fingerprint density at radius 2 is 1.96 bits per heavy atom. The molecule has 3 rings (SSSR count). The minimum absolute atomic E-state index is 0.00692. The SMILES string of the molecule is COCCOCC1CC(c2ccc(C(F)(F)F)cc2)CN(C2COCC[N]2)C1. The molecule has 2 aliphatic rings. The van der Waals surface area contributed by atoms with Gasteiger partial charge in [0.15, 0.2) is 0 Å². The summed E-state index contributed by atoms with van der Waals surface area (Å²) in [6.45, 7) is 5.19. The molecule has 0 saturated carbocycles. The number of rotatable bonds is 7. The van der Waals surface area contributed by atoms with Crippen LogP contribution in [0.2, 0.25) is 0 Å². The van der Waals surface area contributed by atoms with Crippen LogP contribution in [-0.4, -0.2) is 70.8 Å². The fraction of sp³-hybridized carbons (Fsp3) is 0.700. The summed E-state index contributed by atoms with van der Waals surface area (Å²) in [7, 11) is 1.64. The zero-order valence-corrected chi connectivity index (χ0v) is 16.2. The molecule has 0 aliphatic carbocycles. The van der Waals surface area contributed by atoms with Crippen molar-refractivity contribution in [1.29, 1.82) is 0 Å². The van der Waals surface area contributed by atoms with Crippen molar-refractivity contribution in [2.75, 3.05) is 59.8 Å². The normalized spacial score (nSPS) is 27.1. The third kappa shape index (κ3) is 5.90. The van der Waals surface area contributed by atoms with Gasteiger partial charge in [-0.2, -0.15) is 13.2 Å². The van der Waals surface area contributed by atoms with E-state index in [0.717, 1.165) is 25.1 Å². The second-order valence-corrected chi connectivity index (χ2v) is 7.40. The third-order valence-corrected chi connectivity index (χ3v) is 5.32. The van der Waals surface area contributed by atoms with Gasteiger partial charge in [-0.1, -0.05) is 12.1 Å². The average molecular weight is 401 g/mol. The molecule has 3 unspecified atom stereocenters. The van der Waals surface area contributed by atoms with E-state index in [0.29, 0.717) is 39.6 Å². The van der Waals surface area contributed by atoms with Gasteiger partial charge in [0.25, 0.3) is 0 Å². The van der Waals surface area contributed by atoms with Gasteiger partial charge in [0.1, 0.15) is 0 Å². The van der Waals surface area contributed by atoms with Gasteiger partial charge in [-0.05, 0) is 36.0 Å². The molecule has 2 aliphatic heterocycles. The first kappa shape index (κ1) is 21.5. The topological polar surface area (TPSA) is 45.0 Å². The maximum Gasteiger partial charge on any atom is 0.416 e. The quantitative estimate of drug-likeness (QED) is 0.659. The number of likely N-dealkylation sites (tertiary alicyclic amines) is 1. The zero-order valence-electron chi connectivity index (χ0n) is 16.2. The Morgan fingerprint density at radius 1 is 1.18 bits per heavy atom. The van der Waals surface area contributed by atoms with Crippen LogP contribution in [0.3, 0.4) is 0 Å². The highest BCUT2D eigenvalue weighted by Crippen LogP contribution is 2.34. The van der Waals surface area contributed by atoms with Crippen LogP contribution < -0.4 is 5.32 Å². The predicted molar refractivity (Wildman–Crippen MR) is 98.2 cm³/mol. The lowest BCUT2D eigenvalue weighted by Crippen LogP contribution is -2.54. The molecule has 3 atom stereocenters. The largest absolute Gasteiger partial charge is 0.416 e. The van der Waals surface area contributed by atoms with Gasteiger partial charge in [-0.3, -0.25) is 4.90 Å². The van der Waals surface area contributed by atoms with E-state index in [9.17, 15) is 13.2 Å². The van der Waals surface area contributed by atoms with Gasteiger partial charge in [-0.15, -0.1) is 0 Å². The molecule has 28 heavy (non-hydrogen) atoms. The standard InChI is InChI=1S/C20H28F3N2O3/c1-26-8-9-28-13-15-10-17(12-25(11-15)19-14-27-7-6-24-19)16-2-4-18(5-3-16)20(21,22)23/h2-5,15,17,19H,6-14H2,1H3. The Morgan fingerprint density at radius 3 is 2.61 bits per heavy atom. The van der Waals surface area contributed by atoms with Crippen LogP contribution in [0.5, 0.6) is 0 Å². The molecule has 2 heterocycles. The molecule has 157 valence electrons. The molecule has 2 fully saturated rings. The summed E-state index contributed by atoms with van der Waals surface area (Å²) < 4.78 is 54.9. The van der Waals surface area contributed by atoms with Crippen LogP contribution in [0.1, 0.15) is 23.5 Å². The van der Waals surface area contributed by atoms with Crippen LogP contribution in [0, 0.1) is 5.92 Å². The summed E-state index contributed by atoms with van der Waals surface area (Å²) in [6, 6.07) is 5.56. The Kier molecular flexibility index (Phi) is 7.70. The van der Waals surface area contributed by atoms with Crippen LogP contribution in [-0.2, 0) is 20.4 Å². The van der Waals surface area contributed by atoms with Crippen molar-refractivity contribution < 1.29 is 27.4 Å². The summed E-state index contributed by atoms with van der Waals surface area (Å²) in [4.78, 5) is 2.29. The minimum Gasteiger partial charge on any atom is -0.382 e. The van der Waals surface area contributed by atoms with Gasteiger partial charge in [0.05, 0.1) is 44.8 Å². The molecular formula is C20H28F3N2O3. The van der Waals surface area contributed by atoms with E-state index in [4.69, 9.17) is 14.2 Å². The number of alkyl halides is 3. The first-order valence-corrected chi connectivity index (χ1v) is 9.69. The van der Waals surface area contributed by atoms with E-state index in [-0.39, 0.29) is 18.0 Å². The molecule has 0 bridgehead atoms. The van der Waals surface area contributed by atoms with Gasteiger partial charge < -0.3 is 14.2 Å². The van der Waals surface area contributed by atoms with Gasteiger partial charge in [-0.25, -0.2) is 5.32 Å². The minimum atomic E-state index is -4.31. The summed E-state index contributed by atoms with van der Waals surface area (Å²) in [5, 5.41) is 4.66. The van der Waals surface area contributed by atoms with Crippen molar-refractivity contribution in [1.82, 2.24) is 10.2 Å². The zero-order chi connectivity index (χ0) is 20.0.